The minimum atomic E-state index is -0.283. The summed E-state index contributed by atoms with van der Waals surface area (Å²) in [6.07, 6.45) is 0.241. The third-order valence-electron chi connectivity index (χ3n) is 3.42. The summed E-state index contributed by atoms with van der Waals surface area (Å²) in [7, 11) is 1.84. The van der Waals surface area contributed by atoms with E-state index >= 15 is 0 Å². The number of aromatic amines is 1. The number of para-hydroxylation sites is 1. The van der Waals surface area contributed by atoms with Crippen LogP contribution in [0.15, 0.2) is 24.3 Å². The van der Waals surface area contributed by atoms with Crippen LogP contribution in [0, 0.1) is 0 Å². The number of hydrogen-bond acceptors (Lipinski definition) is 4. The van der Waals surface area contributed by atoms with Gasteiger partial charge in [-0.25, -0.2) is 0 Å². The molecule has 1 aromatic heterocycles. The molecule has 0 fully saturated rings. The maximum absolute atomic E-state index is 12.1. The third-order valence-corrected chi connectivity index (χ3v) is 3.42. The summed E-state index contributed by atoms with van der Waals surface area (Å²) in [5.74, 6) is -0.372. The molecule has 8 heteroatoms. The number of amides is 2. The number of aromatic nitrogens is 2. The number of hydrogen-bond donors (Lipinski definition) is 4. The van der Waals surface area contributed by atoms with Gasteiger partial charge >= 0.3 is 0 Å². The van der Waals surface area contributed by atoms with Gasteiger partial charge in [0.05, 0.1) is 5.52 Å². The van der Waals surface area contributed by atoms with E-state index in [0.29, 0.717) is 12.2 Å². The molecule has 0 bridgehead atoms. The van der Waals surface area contributed by atoms with Crippen LogP contribution in [0.3, 0.4) is 0 Å². The highest BCUT2D eigenvalue weighted by Crippen LogP contribution is 2.14. The Morgan fingerprint density at radius 1 is 1.26 bits per heavy atom. The van der Waals surface area contributed by atoms with Crippen molar-refractivity contribution in [3.05, 3.63) is 30.0 Å². The minimum Gasteiger partial charge on any atom is -0.354 e. The Morgan fingerprint density at radius 3 is 2.74 bits per heavy atom. The first-order chi connectivity index (χ1) is 10.6. The Labute approximate surface area is 141 Å². The molecule has 0 aliphatic carbocycles. The first-order valence-corrected chi connectivity index (χ1v) is 7.27. The zero-order chi connectivity index (χ0) is 15.9. The Hall–Kier alpha value is -2.12. The molecule has 2 amide bonds. The average Bonchev–Trinajstić information content (AvgIpc) is 2.96. The maximum Gasteiger partial charge on any atom is 0.272 e. The van der Waals surface area contributed by atoms with E-state index in [1.54, 1.807) is 0 Å². The van der Waals surface area contributed by atoms with E-state index in [4.69, 9.17) is 0 Å². The topological polar surface area (TPSA) is 98.9 Å². The van der Waals surface area contributed by atoms with E-state index in [0.717, 1.165) is 10.9 Å². The maximum atomic E-state index is 12.1. The summed E-state index contributed by atoms with van der Waals surface area (Å²) in [4.78, 5) is 23.7. The smallest absolute Gasteiger partial charge is 0.272 e. The molecule has 2 aromatic rings. The Morgan fingerprint density at radius 2 is 2.00 bits per heavy atom. The predicted octanol–water partition coefficient (Wildman–Crippen LogP) is 0.829. The molecule has 1 heterocycles. The van der Waals surface area contributed by atoms with E-state index in [1.165, 1.54) is 0 Å². The minimum absolute atomic E-state index is 0. The van der Waals surface area contributed by atoms with E-state index in [1.807, 2.05) is 38.2 Å². The van der Waals surface area contributed by atoms with Crippen molar-refractivity contribution < 1.29 is 9.59 Å². The molecule has 1 aromatic carbocycles. The number of nitrogens with one attached hydrogen (secondary N) is 4. The van der Waals surface area contributed by atoms with E-state index in [2.05, 4.69) is 26.1 Å². The van der Waals surface area contributed by atoms with Crippen molar-refractivity contribution in [3.63, 3.8) is 0 Å². The van der Waals surface area contributed by atoms with Crippen molar-refractivity contribution in [2.75, 3.05) is 20.1 Å². The van der Waals surface area contributed by atoms with Crippen molar-refractivity contribution in [2.24, 2.45) is 0 Å². The Bertz CT molecular complexity index is 658. The lowest BCUT2D eigenvalue weighted by molar-refractivity contribution is -0.121. The van der Waals surface area contributed by atoms with Crippen LogP contribution in [0.25, 0.3) is 10.9 Å². The number of carbonyl (C=O) groups excluding carboxylic acids is 2. The number of fused-ring (bicyclic) bond motifs is 1. The van der Waals surface area contributed by atoms with Crippen molar-refractivity contribution in [1.82, 2.24) is 26.1 Å². The number of H-pyrrole nitrogens is 1. The number of nitrogens with zero attached hydrogens (tertiary/aromatic N) is 1. The Balaban J connectivity index is 0.00000264. The van der Waals surface area contributed by atoms with Crippen LogP contribution in [-0.4, -0.2) is 48.2 Å². The van der Waals surface area contributed by atoms with E-state index in [-0.39, 0.29) is 43.2 Å². The van der Waals surface area contributed by atoms with Crippen molar-refractivity contribution in [1.29, 1.82) is 0 Å². The zero-order valence-corrected chi connectivity index (χ0v) is 14.0. The molecule has 0 aliphatic heterocycles. The van der Waals surface area contributed by atoms with Gasteiger partial charge in [-0.15, -0.1) is 12.4 Å². The summed E-state index contributed by atoms with van der Waals surface area (Å²) >= 11 is 0. The number of carbonyl (C=O) groups is 2. The van der Waals surface area contributed by atoms with Gasteiger partial charge in [0.15, 0.2) is 5.69 Å². The fourth-order valence-corrected chi connectivity index (χ4v) is 1.97. The van der Waals surface area contributed by atoms with E-state index in [9.17, 15) is 9.59 Å². The van der Waals surface area contributed by atoms with Crippen LogP contribution in [0.1, 0.15) is 23.8 Å². The first kappa shape index (κ1) is 18.9. The lowest BCUT2D eigenvalue weighted by atomic mass is 10.2. The molecule has 0 aliphatic rings. The van der Waals surface area contributed by atoms with Gasteiger partial charge in [-0.1, -0.05) is 18.2 Å². The highest BCUT2D eigenvalue weighted by molar-refractivity contribution is 6.04. The molecule has 0 radical (unpaired) electrons. The average molecular weight is 340 g/mol. The van der Waals surface area contributed by atoms with Crippen LogP contribution in [-0.2, 0) is 4.79 Å². The molecule has 0 saturated heterocycles. The van der Waals surface area contributed by atoms with Gasteiger partial charge in [0.2, 0.25) is 5.91 Å². The van der Waals surface area contributed by atoms with Crippen LogP contribution in [0.4, 0.5) is 0 Å². The Kier molecular flexibility index (Phi) is 7.50. The molecular weight excluding hydrogens is 318 g/mol. The van der Waals surface area contributed by atoms with Crippen LogP contribution in [0.5, 0.6) is 0 Å². The van der Waals surface area contributed by atoms with Crippen molar-refractivity contribution >= 4 is 35.1 Å². The first-order valence-electron chi connectivity index (χ1n) is 7.27. The van der Waals surface area contributed by atoms with Crippen molar-refractivity contribution in [2.45, 2.75) is 19.4 Å². The molecule has 1 atom stereocenters. The third kappa shape index (κ3) is 5.22. The lowest BCUT2D eigenvalue weighted by Gasteiger charge is -2.11. The summed E-state index contributed by atoms with van der Waals surface area (Å²) < 4.78 is 0. The predicted molar refractivity (Wildman–Crippen MR) is 91.8 cm³/mol. The highest BCUT2D eigenvalue weighted by Gasteiger charge is 2.13. The normalized spacial score (nSPS) is 11.6. The van der Waals surface area contributed by atoms with Crippen LogP contribution >= 0.6 is 12.4 Å². The number of halogens is 1. The second-order valence-electron chi connectivity index (χ2n) is 5.12. The number of likely N-dealkylation sites (N-methyl/N-ethyl adjacent to an activating group) is 1. The zero-order valence-electron chi connectivity index (χ0n) is 13.2. The molecular formula is C15H22ClN5O2. The van der Waals surface area contributed by atoms with Gasteiger partial charge in [0.25, 0.3) is 5.91 Å². The number of rotatable bonds is 7. The molecule has 0 spiro atoms. The quantitative estimate of drug-likeness (QED) is 0.600. The van der Waals surface area contributed by atoms with Gasteiger partial charge < -0.3 is 16.0 Å². The van der Waals surface area contributed by atoms with Crippen LogP contribution in [0.2, 0.25) is 0 Å². The molecule has 2 rings (SSSR count). The summed E-state index contributed by atoms with van der Waals surface area (Å²) in [5.41, 5.74) is 1.16. The molecule has 23 heavy (non-hydrogen) atoms. The fraction of sp³-hybridized carbons (Fsp3) is 0.400. The lowest BCUT2D eigenvalue weighted by Crippen LogP contribution is -2.38. The van der Waals surface area contributed by atoms with Crippen LogP contribution < -0.4 is 16.0 Å². The summed E-state index contributed by atoms with van der Waals surface area (Å²) in [5, 5.41) is 16.1. The molecule has 4 N–H and O–H groups in total. The monoisotopic (exact) mass is 339 g/mol. The van der Waals surface area contributed by atoms with Gasteiger partial charge in [-0.2, -0.15) is 5.10 Å². The van der Waals surface area contributed by atoms with Gasteiger partial charge in [0.1, 0.15) is 0 Å². The SMILES string of the molecule is CNC(C)CNC(=O)CCNC(=O)c1n[nH]c2ccccc12.Cl. The largest absolute Gasteiger partial charge is 0.354 e. The molecule has 0 saturated carbocycles. The summed E-state index contributed by atoms with van der Waals surface area (Å²) in [6, 6.07) is 7.63. The molecule has 7 nitrogen and oxygen atoms in total. The number of benzene rings is 1. The summed E-state index contributed by atoms with van der Waals surface area (Å²) in [6.45, 7) is 2.82. The van der Waals surface area contributed by atoms with E-state index < -0.39 is 0 Å². The van der Waals surface area contributed by atoms with Crippen molar-refractivity contribution in [3.8, 4) is 0 Å². The fourth-order valence-electron chi connectivity index (χ4n) is 1.97. The van der Waals surface area contributed by atoms with Gasteiger partial charge in [-0.3, -0.25) is 14.7 Å². The van der Waals surface area contributed by atoms with Gasteiger partial charge in [0, 0.05) is 30.9 Å². The standard InChI is InChI=1S/C15H21N5O2.ClH/c1-10(16-2)9-18-13(21)7-8-17-15(22)14-11-5-3-4-6-12(11)19-20-14;/h3-6,10,16H,7-9H2,1-2H3,(H,17,22)(H,18,21)(H,19,20);1H. The highest BCUT2D eigenvalue weighted by atomic mass is 35.5. The second kappa shape index (κ2) is 9.12. The van der Waals surface area contributed by atoms with Gasteiger partial charge in [-0.05, 0) is 20.0 Å². The molecule has 1 unspecified atom stereocenters. The molecule has 126 valence electrons. The second-order valence-corrected chi connectivity index (χ2v) is 5.12.